The summed E-state index contributed by atoms with van der Waals surface area (Å²) in [6, 6.07) is 7.80. The number of H-pyrrole nitrogens is 2. The van der Waals surface area contributed by atoms with E-state index in [0.717, 1.165) is 0 Å². The van der Waals surface area contributed by atoms with Crippen molar-refractivity contribution in [3.05, 3.63) is 46.6 Å². The zero-order chi connectivity index (χ0) is 18.6. The van der Waals surface area contributed by atoms with E-state index in [1.54, 1.807) is 30.3 Å². The third-order valence-corrected chi connectivity index (χ3v) is 6.05. The Hall–Kier alpha value is -2.66. The van der Waals surface area contributed by atoms with Crippen LogP contribution in [0.15, 0.2) is 40.0 Å². The molecule has 4 N–H and O–H groups in total. The fourth-order valence-corrected chi connectivity index (χ4v) is 4.26. The Kier molecular flexibility index (Phi) is 5.38. The van der Waals surface area contributed by atoms with E-state index in [1.165, 1.54) is 4.31 Å². The van der Waals surface area contributed by atoms with E-state index in [4.69, 9.17) is 0 Å². The van der Waals surface area contributed by atoms with Crippen LogP contribution in [0.1, 0.15) is 18.7 Å². The summed E-state index contributed by atoms with van der Waals surface area (Å²) < 4.78 is 26.6. The highest BCUT2D eigenvalue weighted by molar-refractivity contribution is 7.89. The molecule has 140 valence electrons. The van der Waals surface area contributed by atoms with Crippen LogP contribution in [0.25, 0.3) is 0 Å². The number of urea groups is 1. The molecule has 3 rings (SSSR count). The molecule has 11 heteroatoms. The molecule has 26 heavy (non-hydrogen) atoms. The van der Waals surface area contributed by atoms with Crippen LogP contribution in [0.3, 0.4) is 0 Å². The number of carbonyl (C=O) groups excluding carboxylic acids is 1. The number of amides is 2. The summed E-state index contributed by atoms with van der Waals surface area (Å²) in [5, 5.41) is 11.3. The SMILES string of the molecule is O=C(NCc1n[nH]c(=O)[nH]1)NC1CCN(S(=O)(=O)c2ccccc2)CC1. The average molecular weight is 380 g/mol. The highest BCUT2D eigenvalue weighted by Crippen LogP contribution is 2.20. The topological polar surface area (TPSA) is 140 Å². The number of piperidine rings is 1. The minimum atomic E-state index is -3.50. The molecule has 0 unspecified atom stereocenters. The van der Waals surface area contributed by atoms with Crippen LogP contribution >= 0.6 is 0 Å². The number of rotatable bonds is 5. The van der Waals surface area contributed by atoms with Crippen LogP contribution in [-0.2, 0) is 16.6 Å². The number of hydrogen-bond donors (Lipinski definition) is 4. The molecule has 0 saturated carbocycles. The number of aromatic nitrogens is 3. The maximum atomic E-state index is 12.6. The maximum Gasteiger partial charge on any atom is 0.340 e. The highest BCUT2D eigenvalue weighted by Gasteiger charge is 2.29. The fraction of sp³-hybridized carbons (Fsp3) is 0.400. The van der Waals surface area contributed by atoms with Crippen LogP contribution in [0.5, 0.6) is 0 Å². The van der Waals surface area contributed by atoms with Gasteiger partial charge in [0.25, 0.3) is 0 Å². The van der Waals surface area contributed by atoms with Gasteiger partial charge in [0, 0.05) is 19.1 Å². The van der Waals surface area contributed by atoms with Crippen molar-refractivity contribution in [1.29, 1.82) is 0 Å². The number of sulfonamides is 1. The third-order valence-electron chi connectivity index (χ3n) is 4.14. The highest BCUT2D eigenvalue weighted by atomic mass is 32.2. The summed E-state index contributed by atoms with van der Waals surface area (Å²) in [4.78, 5) is 25.5. The third kappa shape index (κ3) is 4.29. The van der Waals surface area contributed by atoms with E-state index in [-0.39, 0.29) is 17.5 Å². The van der Waals surface area contributed by atoms with E-state index in [1.807, 2.05) is 0 Å². The van der Waals surface area contributed by atoms with Gasteiger partial charge in [-0.2, -0.15) is 9.40 Å². The molecule has 0 radical (unpaired) electrons. The molecule has 1 aromatic heterocycles. The smallest absolute Gasteiger partial charge is 0.335 e. The Labute approximate surface area is 150 Å². The van der Waals surface area contributed by atoms with Gasteiger partial charge in [0.05, 0.1) is 11.4 Å². The van der Waals surface area contributed by atoms with Gasteiger partial charge in [-0.15, -0.1) is 0 Å². The number of nitrogens with one attached hydrogen (secondary N) is 4. The van der Waals surface area contributed by atoms with Crippen LogP contribution < -0.4 is 16.3 Å². The van der Waals surface area contributed by atoms with Crippen LogP contribution in [0.2, 0.25) is 0 Å². The van der Waals surface area contributed by atoms with E-state index in [0.29, 0.717) is 31.8 Å². The van der Waals surface area contributed by atoms with Gasteiger partial charge in [0.1, 0.15) is 5.82 Å². The lowest BCUT2D eigenvalue weighted by molar-refractivity contribution is 0.227. The van der Waals surface area contributed by atoms with Gasteiger partial charge in [0.2, 0.25) is 10.0 Å². The van der Waals surface area contributed by atoms with Crippen LogP contribution in [0.4, 0.5) is 4.79 Å². The van der Waals surface area contributed by atoms with Crippen LogP contribution in [0, 0.1) is 0 Å². The van der Waals surface area contributed by atoms with E-state index in [2.05, 4.69) is 25.8 Å². The molecule has 0 bridgehead atoms. The van der Waals surface area contributed by atoms with E-state index in [9.17, 15) is 18.0 Å². The Morgan fingerprint density at radius 3 is 2.54 bits per heavy atom. The average Bonchev–Trinajstić information content (AvgIpc) is 3.06. The first kappa shape index (κ1) is 18.1. The minimum absolute atomic E-state index is 0.0891. The molecule has 1 fully saturated rings. The summed E-state index contributed by atoms with van der Waals surface area (Å²) in [5.74, 6) is 0.328. The lowest BCUT2D eigenvalue weighted by Gasteiger charge is -2.31. The molecule has 2 amide bonds. The van der Waals surface area contributed by atoms with Crippen molar-refractivity contribution in [2.75, 3.05) is 13.1 Å². The first-order valence-corrected chi connectivity index (χ1v) is 9.62. The predicted octanol–water partition coefficient (Wildman–Crippen LogP) is -0.249. The molecule has 10 nitrogen and oxygen atoms in total. The summed E-state index contributed by atoms with van der Waals surface area (Å²) in [6.45, 7) is 0.773. The zero-order valence-electron chi connectivity index (χ0n) is 13.9. The second kappa shape index (κ2) is 7.70. The molecular weight excluding hydrogens is 360 g/mol. The van der Waals surface area contributed by atoms with Crippen molar-refractivity contribution in [3.63, 3.8) is 0 Å². The van der Waals surface area contributed by atoms with E-state index >= 15 is 0 Å². The van der Waals surface area contributed by atoms with Gasteiger partial charge in [-0.05, 0) is 25.0 Å². The van der Waals surface area contributed by atoms with Crippen molar-refractivity contribution in [1.82, 2.24) is 30.1 Å². The molecule has 1 aliphatic rings. The summed E-state index contributed by atoms with van der Waals surface area (Å²) >= 11 is 0. The largest absolute Gasteiger partial charge is 0.340 e. The normalized spacial score (nSPS) is 16.3. The van der Waals surface area contributed by atoms with Gasteiger partial charge in [-0.25, -0.2) is 23.1 Å². The molecule has 2 aromatic rings. The van der Waals surface area contributed by atoms with Gasteiger partial charge in [0.15, 0.2) is 0 Å². The lowest BCUT2D eigenvalue weighted by Crippen LogP contribution is -2.49. The number of benzene rings is 1. The van der Waals surface area contributed by atoms with Crippen molar-refractivity contribution in [2.24, 2.45) is 0 Å². The second-order valence-electron chi connectivity index (χ2n) is 5.94. The molecular formula is C15H20N6O4S. The summed E-state index contributed by atoms with van der Waals surface area (Å²) in [7, 11) is -3.50. The summed E-state index contributed by atoms with van der Waals surface area (Å²) in [5.41, 5.74) is -0.436. The molecule has 1 aliphatic heterocycles. The van der Waals surface area contributed by atoms with Crippen LogP contribution in [-0.4, -0.2) is 53.1 Å². The number of carbonyl (C=O) groups is 1. The van der Waals surface area contributed by atoms with Gasteiger partial charge < -0.3 is 10.6 Å². The summed E-state index contributed by atoms with van der Waals surface area (Å²) in [6.07, 6.45) is 1.05. The van der Waals surface area contributed by atoms with Crippen molar-refractivity contribution in [2.45, 2.75) is 30.3 Å². The Morgan fingerprint density at radius 2 is 1.92 bits per heavy atom. The fourth-order valence-electron chi connectivity index (χ4n) is 2.77. The molecule has 0 spiro atoms. The minimum Gasteiger partial charge on any atom is -0.335 e. The molecule has 1 saturated heterocycles. The Balaban J connectivity index is 1.47. The zero-order valence-corrected chi connectivity index (χ0v) is 14.8. The predicted molar refractivity (Wildman–Crippen MR) is 92.8 cm³/mol. The van der Waals surface area contributed by atoms with Crippen molar-refractivity contribution < 1.29 is 13.2 Å². The number of hydrogen-bond acceptors (Lipinski definition) is 5. The molecule has 0 atom stereocenters. The first-order chi connectivity index (χ1) is 12.4. The van der Waals surface area contributed by atoms with Gasteiger partial charge in [-0.1, -0.05) is 18.2 Å². The quantitative estimate of drug-likeness (QED) is 0.566. The number of nitrogens with zero attached hydrogens (tertiary/aromatic N) is 2. The van der Waals surface area contributed by atoms with Gasteiger partial charge in [-0.3, -0.25) is 4.98 Å². The van der Waals surface area contributed by atoms with Gasteiger partial charge >= 0.3 is 11.7 Å². The van der Waals surface area contributed by atoms with E-state index < -0.39 is 21.7 Å². The Bertz CT molecular complexity index is 899. The Morgan fingerprint density at radius 1 is 1.23 bits per heavy atom. The molecule has 0 aliphatic carbocycles. The molecule has 1 aromatic carbocycles. The standard InChI is InChI=1S/C15H20N6O4S/c22-14(16-10-13-18-15(23)20-19-13)17-11-6-8-21(9-7-11)26(24,25)12-4-2-1-3-5-12/h1-5,11H,6-10H2,(H2,16,17,22)(H2,18,19,20,23). The first-order valence-electron chi connectivity index (χ1n) is 8.18. The van der Waals surface area contributed by atoms with Crippen molar-refractivity contribution in [3.8, 4) is 0 Å². The maximum absolute atomic E-state index is 12.6. The van der Waals surface area contributed by atoms with Crippen molar-refractivity contribution >= 4 is 16.1 Å². The molecule has 2 heterocycles. The monoisotopic (exact) mass is 380 g/mol. The second-order valence-corrected chi connectivity index (χ2v) is 7.88. The lowest BCUT2D eigenvalue weighted by atomic mass is 10.1. The number of aromatic amines is 2.